The van der Waals surface area contributed by atoms with Gasteiger partial charge in [0.15, 0.2) is 0 Å². The zero-order valence-corrected chi connectivity index (χ0v) is 17.0. The van der Waals surface area contributed by atoms with Gasteiger partial charge < -0.3 is 0 Å². The van der Waals surface area contributed by atoms with Crippen molar-refractivity contribution < 1.29 is 0 Å². The second kappa shape index (κ2) is 6.65. The Morgan fingerprint density at radius 3 is 2.48 bits per heavy atom. The van der Waals surface area contributed by atoms with E-state index in [2.05, 4.69) is 69.5 Å². The first kappa shape index (κ1) is 16.7. The summed E-state index contributed by atoms with van der Waals surface area (Å²) in [5.74, 6) is 0. The highest BCUT2D eigenvalue weighted by molar-refractivity contribution is 7.22. The molecule has 0 N–H and O–H groups in total. The first-order chi connectivity index (χ1) is 14.4. The molecule has 138 valence electrons. The average Bonchev–Trinajstić information content (AvgIpc) is 3.52. The fourth-order valence-corrected chi connectivity index (χ4v) is 5.63. The molecular weight excluding hydrogens is 394 g/mol. The standard InChI is InChI=1S/C24H15N3S2/c1-2-8-20-16(6-1)17-14-19(18-7-3-4-12-25-18)26-15-21(17)27(20)24-11-10-23(29-24)22-9-5-13-28-22/h1-15H. The molecule has 0 unspecified atom stereocenters. The van der Waals surface area contributed by atoms with Crippen molar-refractivity contribution in [1.82, 2.24) is 14.5 Å². The summed E-state index contributed by atoms with van der Waals surface area (Å²) in [6, 6.07) is 25.3. The molecule has 5 heteroatoms. The van der Waals surface area contributed by atoms with E-state index in [1.54, 1.807) is 11.3 Å². The van der Waals surface area contributed by atoms with E-state index in [0.717, 1.165) is 16.9 Å². The highest BCUT2D eigenvalue weighted by Crippen LogP contribution is 2.38. The van der Waals surface area contributed by atoms with Crippen molar-refractivity contribution >= 4 is 44.5 Å². The lowest BCUT2D eigenvalue weighted by molar-refractivity contribution is 1.19. The van der Waals surface area contributed by atoms with E-state index in [9.17, 15) is 0 Å². The average molecular weight is 410 g/mol. The summed E-state index contributed by atoms with van der Waals surface area (Å²) in [6.07, 6.45) is 3.78. The van der Waals surface area contributed by atoms with Crippen molar-refractivity contribution in [2.24, 2.45) is 0 Å². The SMILES string of the molecule is c1ccc(-c2cc3c4ccccc4n(-c4ccc(-c5cccs5)s4)c3cn2)nc1. The van der Waals surface area contributed by atoms with Crippen LogP contribution in [0.15, 0.2) is 90.6 Å². The highest BCUT2D eigenvalue weighted by atomic mass is 32.1. The maximum atomic E-state index is 4.74. The Balaban J connectivity index is 1.60. The molecule has 1 aromatic carbocycles. The van der Waals surface area contributed by atoms with E-state index < -0.39 is 0 Å². The zero-order chi connectivity index (χ0) is 19.2. The lowest BCUT2D eigenvalue weighted by Gasteiger charge is -2.04. The lowest BCUT2D eigenvalue weighted by Crippen LogP contribution is -1.91. The van der Waals surface area contributed by atoms with Crippen LogP contribution in [0.2, 0.25) is 0 Å². The Hall–Kier alpha value is -3.28. The molecule has 0 spiro atoms. The van der Waals surface area contributed by atoms with Crippen molar-refractivity contribution in [3.8, 4) is 26.1 Å². The zero-order valence-electron chi connectivity index (χ0n) is 15.3. The molecule has 0 amide bonds. The third-order valence-electron chi connectivity index (χ3n) is 5.06. The van der Waals surface area contributed by atoms with Gasteiger partial charge in [-0.2, -0.15) is 0 Å². The van der Waals surface area contributed by atoms with Crippen LogP contribution >= 0.6 is 22.7 Å². The maximum Gasteiger partial charge on any atom is 0.101 e. The van der Waals surface area contributed by atoms with Gasteiger partial charge in [-0.25, -0.2) is 0 Å². The predicted octanol–water partition coefficient (Wildman–Crippen LogP) is 7.03. The minimum atomic E-state index is 0.891. The van der Waals surface area contributed by atoms with Crippen molar-refractivity contribution in [3.63, 3.8) is 0 Å². The van der Waals surface area contributed by atoms with Gasteiger partial charge >= 0.3 is 0 Å². The molecule has 29 heavy (non-hydrogen) atoms. The van der Waals surface area contributed by atoms with Gasteiger partial charge in [-0.3, -0.25) is 14.5 Å². The second-order valence-electron chi connectivity index (χ2n) is 6.77. The molecule has 0 fully saturated rings. The minimum Gasteiger partial charge on any atom is -0.299 e. The molecule has 6 aromatic rings. The molecule has 0 saturated carbocycles. The Kier molecular flexibility index (Phi) is 3.82. The fourth-order valence-electron chi connectivity index (χ4n) is 3.76. The maximum absolute atomic E-state index is 4.74. The third-order valence-corrected chi connectivity index (χ3v) is 7.20. The van der Waals surface area contributed by atoms with Gasteiger partial charge in [0.2, 0.25) is 0 Å². The molecule has 0 aliphatic heterocycles. The van der Waals surface area contributed by atoms with Gasteiger partial charge in [-0.05, 0) is 47.8 Å². The number of thiophene rings is 2. The van der Waals surface area contributed by atoms with E-state index in [-0.39, 0.29) is 0 Å². The summed E-state index contributed by atoms with van der Waals surface area (Å²) < 4.78 is 2.32. The quantitative estimate of drug-likeness (QED) is 0.314. The first-order valence-electron chi connectivity index (χ1n) is 9.33. The Bertz CT molecular complexity index is 1440. The lowest BCUT2D eigenvalue weighted by atomic mass is 10.1. The van der Waals surface area contributed by atoms with Crippen molar-refractivity contribution in [3.05, 3.63) is 90.6 Å². The number of fused-ring (bicyclic) bond motifs is 3. The van der Waals surface area contributed by atoms with Gasteiger partial charge in [0, 0.05) is 26.7 Å². The van der Waals surface area contributed by atoms with E-state index in [1.807, 2.05) is 41.9 Å². The summed E-state index contributed by atoms with van der Waals surface area (Å²) in [6.45, 7) is 0. The van der Waals surface area contributed by atoms with Gasteiger partial charge in [0.1, 0.15) is 5.00 Å². The number of benzene rings is 1. The number of aromatic nitrogens is 3. The molecule has 3 nitrogen and oxygen atoms in total. The van der Waals surface area contributed by atoms with Gasteiger partial charge in [-0.15, -0.1) is 22.7 Å². The van der Waals surface area contributed by atoms with Gasteiger partial charge in [-0.1, -0.05) is 30.3 Å². The molecular formula is C24H15N3S2. The molecule has 0 atom stereocenters. The molecule has 0 saturated heterocycles. The van der Waals surface area contributed by atoms with Crippen LogP contribution in [0.4, 0.5) is 0 Å². The van der Waals surface area contributed by atoms with Crippen molar-refractivity contribution in [2.45, 2.75) is 0 Å². The molecule has 0 aliphatic rings. The molecule has 0 radical (unpaired) electrons. The number of hydrogen-bond acceptors (Lipinski definition) is 4. The topological polar surface area (TPSA) is 30.7 Å². The number of rotatable bonds is 3. The second-order valence-corrected chi connectivity index (χ2v) is 8.78. The van der Waals surface area contributed by atoms with Crippen LogP contribution in [0, 0.1) is 0 Å². The highest BCUT2D eigenvalue weighted by Gasteiger charge is 2.15. The summed E-state index contributed by atoms with van der Waals surface area (Å²) in [4.78, 5) is 11.8. The van der Waals surface area contributed by atoms with Crippen LogP contribution in [0.1, 0.15) is 0 Å². The fraction of sp³-hybridized carbons (Fsp3) is 0. The van der Waals surface area contributed by atoms with E-state index in [1.165, 1.54) is 31.0 Å². The summed E-state index contributed by atoms with van der Waals surface area (Å²) in [5, 5.41) is 5.75. The largest absolute Gasteiger partial charge is 0.299 e. The Morgan fingerprint density at radius 1 is 0.690 bits per heavy atom. The molecule has 0 bridgehead atoms. The smallest absolute Gasteiger partial charge is 0.101 e. The van der Waals surface area contributed by atoms with E-state index in [4.69, 9.17) is 4.98 Å². The minimum absolute atomic E-state index is 0.891. The van der Waals surface area contributed by atoms with Crippen molar-refractivity contribution in [2.75, 3.05) is 0 Å². The number of para-hydroxylation sites is 1. The van der Waals surface area contributed by atoms with Crippen molar-refractivity contribution in [1.29, 1.82) is 0 Å². The monoisotopic (exact) mass is 409 g/mol. The molecule has 5 heterocycles. The van der Waals surface area contributed by atoms with Crippen LogP contribution in [-0.4, -0.2) is 14.5 Å². The van der Waals surface area contributed by atoms with E-state index >= 15 is 0 Å². The number of nitrogens with zero attached hydrogens (tertiary/aromatic N) is 3. The molecule has 0 aliphatic carbocycles. The number of pyridine rings is 2. The van der Waals surface area contributed by atoms with Crippen LogP contribution in [0.3, 0.4) is 0 Å². The number of hydrogen-bond donors (Lipinski definition) is 0. The summed E-state index contributed by atoms with van der Waals surface area (Å²) >= 11 is 3.59. The summed E-state index contributed by atoms with van der Waals surface area (Å²) in [5.41, 5.74) is 4.10. The summed E-state index contributed by atoms with van der Waals surface area (Å²) in [7, 11) is 0. The van der Waals surface area contributed by atoms with Gasteiger partial charge in [0.05, 0.1) is 28.6 Å². The van der Waals surface area contributed by atoms with Crippen LogP contribution in [0.25, 0.3) is 47.9 Å². The van der Waals surface area contributed by atoms with Crippen LogP contribution < -0.4 is 0 Å². The van der Waals surface area contributed by atoms with Crippen LogP contribution in [0.5, 0.6) is 0 Å². The third kappa shape index (κ3) is 2.70. The predicted molar refractivity (Wildman–Crippen MR) is 123 cm³/mol. The molecule has 5 aromatic heterocycles. The molecule has 6 rings (SSSR count). The van der Waals surface area contributed by atoms with Gasteiger partial charge in [0.25, 0.3) is 0 Å². The Labute approximate surface area is 175 Å². The first-order valence-corrected chi connectivity index (χ1v) is 11.0. The Morgan fingerprint density at radius 2 is 1.62 bits per heavy atom. The normalized spacial score (nSPS) is 11.4. The van der Waals surface area contributed by atoms with Crippen LogP contribution in [-0.2, 0) is 0 Å². The van der Waals surface area contributed by atoms with E-state index in [0.29, 0.717) is 0 Å².